The quantitative estimate of drug-likeness (QED) is 0.821. The topological polar surface area (TPSA) is 51.2 Å². The summed E-state index contributed by atoms with van der Waals surface area (Å²) in [5.41, 5.74) is 0.229. The van der Waals surface area contributed by atoms with Crippen LogP contribution >= 0.6 is 11.8 Å². The highest BCUT2D eigenvalue weighted by Crippen LogP contribution is 2.30. The zero-order valence-corrected chi connectivity index (χ0v) is 12.9. The fraction of sp³-hybridized carbons (Fsp3) is 0.200. The molecule has 0 saturated heterocycles. The van der Waals surface area contributed by atoms with E-state index in [1.165, 1.54) is 30.0 Å². The Kier molecular flexibility index (Phi) is 5.49. The molecule has 0 fully saturated rings. The molecule has 122 valence electrons. The minimum atomic E-state index is -4.83. The van der Waals surface area contributed by atoms with Gasteiger partial charge in [-0.15, -0.1) is 24.9 Å². The number of benzene rings is 1. The Morgan fingerprint density at radius 3 is 2.70 bits per heavy atom. The Morgan fingerprint density at radius 1 is 1.26 bits per heavy atom. The Morgan fingerprint density at radius 2 is 2.00 bits per heavy atom. The van der Waals surface area contributed by atoms with Crippen molar-refractivity contribution in [3.05, 3.63) is 48.2 Å². The van der Waals surface area contributed by atoms with Crippen molar-refractivity contribution in [3.8, 4) is 5.75 Å². The van der Waals surface area contributed by atoms with E-state index in [-0.39, 0.29) is 5.69 Å². The summed E-state index contributed by atoms with van der Waals surface area (Å²) in [6.45, 7) is 1.91. The molecule has 2 aromatic rings. The molecule has 4 nitrogen and oxygen atoms in total. The lowest BCUT2D eigenvalue weighted by molar-refractivity contribution is -0.274. The first kappa shape index (κ1) is 17.1. The Labute approximate surface area is 135 Å². The van der Waals surface area contributed by atoms with Gasteiger partial charge in [-0.1, -0.05) is 19.1 Å². The summed E-state index contributed by atoms with van der Waals surface area (Å²) in [7, 11) is 0. The number of thioether (sulfide) groups is 1. The van der Waals surface area contributed by atoms with Gasteiger partial charge in [0.2, 0.25) is 0 Å². The first-order valence-electron chi connectivity index (χ1n) is 6.64. The van der Waals surface area contributed by atoms with Crippen LogP contribution in [0.25, 0.3) is 0 Å². The Balaban J connectivity index is 2.24. The van der Waals surface area contributed by atoms with Crippen molar-refractivity contribution in [1.29, 1.82) is 0 Å². The number of amides is 1. The Bertz CT molecular complexity index is 692. The van der Waals surface area contributed by atoms with E-state index < -0.39 is 18.0 Å². The van der Waals surface area contributed by atoms with E-state index in [0.29, 0.717) is 16.3 Å². The van der Waals surface area contributed by atoms with E-state index in [4.69, 9.17) is 0 Å². The van der Waals surface area contributed by atoms with Gasteiger partial charge in [0.1, 0.15) is 5.03 Å². The summed E-state index contributed by atoms with van der Waals surface area (Å²) in [6.07, 6.45) is -3.28. The van der Waals surface area contributed by atoms with E-state index in [2.05, 4.69) is 15.0 Å². The van der Waals surface area contributed by atoms with Crippen LogP contribution in [-0.4, -0.2) is 23.0 Å². The number of rotatable bonds is 5. The molecule has 0 spiro atoms. The molecule has 1 N–H and O–H groups in total. The third kappa shape index (κ3) is 4.88. The van der Waals surface area contributed by atoms with Crippen molar-refractivity contribution < 1.29 is 22.7 Å². The summed E-state index contributed by atoms with van der Waals surface area (Å²) < 4.78 is 41.1. The monoisotopic (exact) mass is 342 g/mol. The molecule has 0 aliphatic rings. The van der Waals surface area contributed by atoms with Crippen molar-refractivity contribution >= 4 is 23.4 Å². The highest BCUT2D eigenvalue weighted by Gasteiger charge is 2.32. The van der Waals surface area contributed by atoms with E-state index in [1.807, 2.05) is 6.92 Å². The summed E-state index contributed by atoms with van der Waals surface area (Å²) in [5.74, 6) is -0.306. The number of ether oxygens (including phenoxy) is 1. The molecule has 23 heavy (non-hydrogen) atoms. The standard InChI is InChI=1S/C15H13F3N2O2S/c1-2-23-14-10(6-5-9-19-14)13(21)20-11-7-3-4-8-12(11)22-15(16,17)18/h3-9H,2H2,1H3,(H,20,21). The fourth-order valence-corrected chi connectivity index (χ4v) is 2.51. The maximum Gasteiger partial charge on any atom is 0.573 e. The molecule has 1 heterocycles. The molecule has 1 amide bonds. The molecule has 0 aliphatic heterocycles. The molecule has 0 saturated carbocycles. The molecular weight excluding hydrogens is 329 g/mol. The van der Waals surface area contributed by atoms with Crippen LogP contribution in [0.15, 0.2) is 47.6 Å². The lowest BCUT2D eigenvalue weighted by atomic mass is 10.2. The SMILES string of the molecule is CCSc1ncccc1C(=O)Nc1ccccc1OC(F)(F)F. The minimum absolute atomic E-state index is 0.0638. The van der Waals surface area contributed by atoms with Crippen molar-refractivity contribution in [1.82, 2.24) is 4.98 Å². The highest BCUT2D eigenvalue weighted by molar-refractivity contribution is 7.99. The number of pyridine rings is 1. The lowest BCUT2D eigenvalue weighted by Crippen LogP contribution is -2.20. The van der Waals surface area contributed by atoms with Crippen LogP contribution in [0.1, 0.15) is 17.3 Å². The van der Waals surface area contributed by atoms with Gasteiger partial charge >= 0.3 is 6.36 Å². The first-order chi connectivity index (χ1) is 10.9. The van der Waals surface area contributed by atoms with E-state index in [1.54, 1.807) is 18.3 Å². The first-order valence-corrected chi connectivity index (χ1v) is 7.63. The average Bonchev–Trinajstić information content (AvgIpc) is 2.48. The number of aromatic nitrogens is 1. The number of hydrogen-bond acceptors (Lipinski definition) is 4. The number of halogens is 3. The number of alkyl halides is 3. The second kappa shape index (κ2) is 7.36. The summed E-state index contributed by atoms with van der Waals surface area (Å²) >= 11 is 1.37. The molecule has 0 bridgehead atoms. The number of nitrogens with one attached hydrogen (secondary N) is 1. The number of hydrogen-bond donors (Lipinski definition) is 1. The largest absolute Gasteiger partial charge is 0.573 e. The van der Waals surface area contributed by atoms with Crippen LogP contribution < -0.4 is 10.1 Å². The summed E-state index contributed by atoms with van der Waals surface area (Å²) in [4.78, 5) is 16.4. The van der Waals surface area contributed by atoms with Gasteiger partial charge in [-0.3, -0.25) is 4.79 Å². The molecule has 0 atom stereocenters. The van der Waals surface area contributed by atoms with Crippen LogP contribution in [0.4, 0.5) is 18.9 Å². The number of carbonyl (C=O) groups is 1. The van der Waals surface area contributed by atoms with Gasteiger partial charge in [0, 0.05) is 6.20 Å². The molecule has 8 heteroatoms. The molecule has 1 aromatic heterocycles. The number of anilines is 1. The van der Waals surface area contributed by atoms with Gasteiger partial charge in [-0.2, -0.15) is 0 Å². The van der Waals surface area contributed by atoms with Crippen LogP contribution in [0.3, 0.4) is 0 Å². The fourth-order valence-electron chi connectivity index (χ4n) is 1.79. The molecule has 0 radical (unpaired) electrons. The second-order valence-corrected chi connectivity index (χ2v) is 5.54. The maximum absolute atomic E-state index is 12.4. The summed E-state index contributed by atoms with van der Waals surface area (Å²) in [5, 5.41) is 2.95. The smallest absolute Gasteiger partial charge is 0.404 e. The zero-order chi connectivity index (χ0) is 16.9. The molecule has 2 rings (SSSR count). The van der Waals surface area contributed by atoms with Gasteiger partial charge in [0.15, 0.2) is 5.75 Å². The van der Waals surface area contributed by atoms with Crippen molar-refractivity contribution in [3.63, 3.8) is 0 Å². The number of carbonyl (C=O) groups excluding carboxylic acids is 1. The van der Waals surface area contributed by atoms with Crippen molar-refractivity contribution in [2.75, 3.05) is 11.1 Å². The second-order valence-electron chi connectivity index (χ2n) is 4.29. The lowest BCUT2D eigenvalue weighted by Gasteiger charge is -2.14. The van der Waals surface area contributed by atoms with Crippen LogP contribution in [-0.2, 0) is 0 Å². The normalized spacial score (nSPS) is 11.1. The van der Waals surface area contributed by atoms with Crippen molar-refractivity contribution in [2.24, 2.45) is 0 Å². The minimum Gasteiger partial charge on any atom is -0.404 e. The third-order valence-electron chi connectivity index (χ3n) is 2.66. The van der Waals surface area contributed by atoms with E-state index in [0.717, 1.165) is 6.07 Å². The predicted octanol–water partition coefficient (Wildman–Crippen LogP) is 4.34. The van der Waals surface area contributed by atoms with Crippen LogP contribution in [0, 0.1) is 0 Å². The molecular formula is C15H13F3N2O2S. The maximum atomic E-state index is 12.4. The van der Waals surface area contributed by atoms with Crippen molar-refractivity contribution in [2.45, 2.75) is 18.3 Å². The Hall–Kier alpha value is -2.22. The number of para-hydroxylation sites is 2. The van der Waals surface area contributed by atoms with E-state index >= 15 is 0 Å². The van der Waals surface area contributed by atoms with Gasteiger partial charge in [0.25, 0.3) is 5.91 Å². The van der Waals surface area contributed by atoms with Gasteiger partial charge in [-0.05, 0) is 30.0 Å². The van der Waals surface area contributed by atoms with Crippen LogP contribution in [0.5, 0.6) is 5.75 Å². The van der Waals surface area contributed by atoms with Crippen LogP contribution in [0.2, 0.25) is 0 Å². The number of nitrogens with zero attached hydrogens (tertiary/aromatic N) is 1. The highest BCUT2D eigenvalue weighted by atomic mass is 32.2. The zero-order valence-electron chi connectivity index (χ0n) is 12.1. The van der Waals surface area contributed by atoms with Gasteiger partial charge in [-0.25, -0.2) is 4.98 Å². The third-order valence-corrected chi connectivity index (χ3v) is 3.55. The molecule has 0 aliphatic carbocycles. The van der Waals surface area contributed by atoms with Gasteiger partial charge in [0.05, 0.1) is 11.3 Å². The van der Waals surface area contributed by atoms with Gasteiger partial charge < -0.3 is 10.1 Å². The molecule has 1 aromatic carbocycles. The summed E-state index contributed by atoms with van der Waals surface area (Å²) in [6, 6.07) is 8.51. The predicted molar refractivity (Wildman–Crippen MR) is 81.7 cm³/mol. The van der Waals surface area contributed by atoms with E-state index in [9.17, 15) is 18.0 Å². The average molecular weight is 342 g/mol. The molecule has 0 unspecified atom stereocenters.